The molecule has 2 N–H and O–H groups in total. The molecule has 21 heavy (non-hydrogen) atoms. The maximum Gasteiger partial charge on any atom is 0.310 e. The minimum absolute atomic E-state index is 0.0237. The molecule has 0 saturated heterocycles. The molecule has 0 bridgehead atoms. The van der Waals surface area contributed by atoms with Crippen LogP contribution in [-0.2, 0) is 9.59 Å². The zero-order chi connectivity index (χ0) is 15.8. The van der Waals surface area contributed by atoms with Gasteiger partial charge in [0.15, 0.2) is 0 Å². The summed E-state index contributed by atoms with van der Waals surface area (Å²) in [5, 5.41) is 11.5. The number of nitrogens with one attached hydrogen (secondary N) is 1. The third-order valence-corrected chi connectivity index (χ3v) is 3.78. The van der Waals surface area contributed by atoms with Gasteiger partial charge in [-0.3, -0.25) is 9.59 Å². The minimum Gasteiger partial charge on any atom is -0.481 e. The van der Waals surface area contributed by atoms with Gasteiger partial charge in [0, 0.05) is 23.9 Å². The summed E-state index contributed by atoms with van der Waals surface area (Å²) in [6.45, 7) is 2.97. The topological polar surface area (TPSA) is 66.4 Å². The van der Waals surface area contributed by atoms with Gasteiger partial charge in [0.2, 0.25) is 5.91 Å². The average molecular weight is 297 g/mol. The highest BCUT2D eigenvalue weighted by molar-refractivity contribution is 5.84. The Kier molecular flexibility index (Phi) is 3.98. The van der Waals surface area contributed by atoms with Gasteiger partial charge in [0.1, 0.15) is 11.6 Å². The first kappa shape index (κ1) is 15.4. The van der Waals surface area contributed by atoms with Gasteiger partial charge in [-0.25, -0.2) is 8.78 Å². The van der Waals surface area contributed by atoms with E-state index in [2.05, 4.69) is 5.32 Å². The summed E-state index contributed by atoms with van der Waals surface area (Å²) in [4.78, 5) is 22.9. The molecule has 2 atom stereocenters. The molecule has 0 spiro atoms. The van der Waals surface area contributed by atoms with Gasteiger partial charge in [-0.05, 0) is 32.4 Å². The molecule has 1 aromatic rings. The second-order valence-electron chi connectivity index (χ2n) is 5.99. The number of halogens is 2. The lowest BCUT2D eigenvalue weighted by Crippen LogP contribution is -2.39. The van der Waals surface area contributed by atoms with Crippen LogP contribution in [0.2, 0.25) is 0 Å². The number of rotatable bonds is 5. The van der Waals surface area contributed by atoms with Gasteiger partial charge in [0.05, 0.1) is 5.41 Å². The second kappa shape index (κ2) is 5.42. The average Bonchev–Trinajstić information content (AvgIpc) is 3.16. The number of carbonyl (C=O) groups is 2. The molecule has 1 aliphatic carbocycles. The fraction of sp³-hybridized carbons (Fsp3) is 0.467. The molecule has 6 heteroatoms. The fourth-order valence-electron chi connectivity index (χ4n) is 2.18. The van der Waals surface area contributed by atoms with Crippen molar-refractivity contribution in [3.63, 3.8) is 0 Å². The summed E-state index contributed by atoms with van der Waals surface area (Å²) >= 11 is 0. The van der Waals surface area contributed by atoms with Crippen molar-refractivity contribution in [2.24, 2.45) is 11.3 Å². The molecule has 1 amide bonds. The van der Waals surface area contributed by atoms with Gasteiger partial charge in [-0.2, -0.15) is 0 Å². The normalized spacial score (nSPS) is 21.0. The van der Waals surface area contributed by atoms with Crippen LogP contribution in [0.4, 0.5) is 8.78 Å². The lowest BCUT2D eigenvalue weighted by molar-refractivity contribution is -0.146. The van der Waals surface area contributed by atoms with Crippen LogP contribution in [0.25, 0.3) is 0 Å². The number of hydrogen-bond donors (Lipinski definition) is 2. The first-order chi connectivity index (χ1) is 9.74. The molecule has 0 heterocycles. The SMILES string of the molecule is CC(C)(CNC(=O)C1CC1c1c(F)cccc1F)C(=O)O. The number of aliphatic carboxylic acids is 1. The lowest BCUT2D eigenvalue weighted by Gasteiger charge is -2.19. The standard InChI is InChI=1S/C15H17F2NO3/c1-15(2,14(20)21)7-18-13(19)9-6-8(9)12-10(16)4-3-5-11(12)17/h3-5,8-9H,6-7H2,1-2H3,(H,18,19)(H,20,21). The molecule has 1 fully saturated rings. The van der Waals surface area contributed by atoms with Crippen molar-refractivity contribution in [2.45, 2.75) is 26.2 Å². The Morgan fingerprint density at radius 3 is 2.43 bits per heavy atom. The molecule has 1 aliphatic rings. The summed E-state index contributed by atoms with van der Waals surface area (Å²) in [7, 11) is 0. The smallest absolute Gasteiger partial charge is 0.310 e. The number of carbonyl (C=O) groups excluding carboxylic acids is 1. The van der Waals surface area contributed by atoms with Gasteiger partial charge in [-0.1, -0.05) is 6.07 Å². The highest BCUT2D eigenvalue weighted by Crippen LogP contribution is 2.49. The first-order valence-corrected chi connectivity index (χ1v) is 6.69. The summed E-state index contributed by atoms with van der Waals surface area (Å²) in [6.07, 6.45) is 0.372. The van der Waals surface area contributed by atoms with Gasteiger partial charge in [0.25, 0.3) is 0 Å². The highest BCUT2D eigenvalue weighted by Gasteiger charge is 2.46. The van der Waals surface area contributed by atoms with E-state index >= 15 is 0 Å². The summed E-state index contributed by atoms with van der Waals surface area (Å²) < 4.78 is 27.2. The number of hydrogen-bond acceptors (Lipinski definition) is 2. The quantitative estimate of drug-likeness (QED) is 0.876. The van der Waals surface area contributed by atoms with E-state index in [0.717, 1.165) is 0 Å². The molecule has 2 rings (SSSR count). The van der Waals surface area contributed by atoms with Crippen LogP contribution in [0.5, 0.6) is 0 Å². The molecule has 2 unspecified atom stereocenters. The van der Waals surface area contributed by atoms with E-state index in [4.69, 9.17) is 5.11 Å². The summed E-state index contributed by atoms with van der Waals surface area (Å²) in [6, 6.07) is 3.61. The van der Waals surface area contributed by atoms with Crippen molar-refractivity contribution in [1.82, 2.24) is 5.32 Å². The Labute approximate surface area is 121 Å². The molecule has 0 aromatic heterocycles. The Bertz CT molecular complexity index is 566. The van der Waals surface area contributed by atoms with E-state index in [-0.39, 0.29) is 18.0 Å². The Hall–Kier alpha value is -1.98. The second-order valence-corrected chi connectivity index (χ2v) is 5.99. The Balaban J connectivity index is 1.97. The molecular formula is C15H17F2NO3. The largest absolute Gasteiger partial charge is 0.481 e. The van der Waals surface area contributed by atoms with E-state index < -0.39 is 34.9 Å². The van der Waals surface area contributed by atoms with E-state index in [1.54, 1.807) is 0 Å². The molecule has 0 aliphatic heterocycles. The van der Waals surface area contributed by atoms with E-state index in [1.165, 1.54) is 32.0 Å². The van der Waals surface area contributed by atoms with Gasteiger partial charge >= 0.3 is 5.97 Å². The maximum absolute atomic E-state index is 13.6. The first-order valence-electron chi connectivity index (χ1n) is 6.69. The maximum atomic E-state index is 13.6. The van der Waals surface area contributed by atoms with Crippen LogP contribution in [0.15, 0.2) is 18.2 Å². The van der Waals surface area contributed by atoms with Crippen molar-refractivity contribution >= 4 is 11.9 Å². The van der Waals surface area contributed by atoms with E-state index in [0.29, 0.717) is 6.42 Å². The van der Waals surface area contributed by atoms with Crippen LogP contribution in [0.1, 0.15) is 31.7 Å². The van der Waals surface area contributed by atoms with Crippen molar-refractivity contribution in [2.75, 3.05) is 6.54 Å². The molecule has 1 aromatic carbocycles. The van der Waals surface area contributed by atoms with Crippen LogP contribution in [0, 0.1) is 23.0 Å². The Morgan fingerprint density at radius 2 is 1.90 bits per heavy atom. The molecule has 114 valence electrons. The van der Waals surface area contributed by atoms with Crippen molar-refractivity contribution < 1.29 is 23.5 Å². The van der Waals surface area contributed by atoms with Crippen molar-refractivity contribution in [3.05, 3.63) is 35.4 Å². The third kappa shape index (κ3) is 3.20. The van der Waals surface area contributed by atoms with Gasteiger partial charge in [-0.15, -0.1) is 0 Å². The molecular weight excluding hydrogens is 280 g/mol. The predicted octanol–water partition coefficient (Wildman–Crippen LogP) is 2.30. The number of amides is 1. The Morgan fingerprint density at radius 1 is 1.33 bits per heavy atom. The fourth-order valence-corrected chi connectivity index (χ4v) is 2.18. The van der Waals surface area contributed by atoms with Gasteiger partial charge < -0.3 is 10.4 Å². The van der Waals surface area contributed by atoms with E-state index in [1.807, 2.05) is 0 Å². The zero-order valence-electron chi connectivity index (χ0n) is 11.8. The number of carboxylic acids is 1. The molecule has 1 saturated carbocycles. The number of carboxylic acid groups (broad SMARTS) is 1. The summed E-state index contributed by atoms with van der Waals surface area (Å²) in [5.74, 6) is -3.66. The molecule has 0 radical (unpaired) electrons. The zero-order valence-corrected chi connectivity index (χ0v) is 11.8. The highest BCUT2D eigenvalue weighted by atomic mass is 19.1. The number of benzene rings is 1. The third-order valence-electron chi connectivity index (χ3n) is 3.78. The van der Waals surface area contributed by atoms with Crippen LogP contribution in [0.3, 0.4) is 0 Å². The predicted molar refractivity (Wildman–Crippen MR) is 71.6 cm³/mol. The minimum atomic E-state index is -1.08. The molecule has 4 nitrogen and oxygen atoms in total. The van der Waals surface area contributed by atoms with Crippen LogP contribution in [-0.4, -0.2) is 23.5 Å². The monoisotopic (exact) mass is 297 g/mol. The van der Waals surface area contributed by atoms with Crippen molar-refractivity contribution in [1.29, 1.82) is 0 Å². The van der Waals surface area contributed by atoms with Crippen LogP contribution < -0.4 is 5.32 Å². The summed E-state index contributed by atoms with van der Waals surface area (Å²) in [5.41, 5.74) is -1.14. The lowest BCUT2D eigenvalue weighted by atomic mass is 9.94. The van der Waals surface area contributed by atoms with Crippen molar-refractivity contribution in [3.8, 4) is 0 Å². The van der Waals surface area contributed by atoms with Crippen LogP contribution >= 0.6 is 0 Å². The van der Waals surface area contributed by atoms with E-state index in [9.17, 15) is 18.4 Å².